The van der Waals surface area contributed by atoms with Gasteiger partial charge in [-0.3, -0.25) is 9.78 Å². The van der Waals surface area contributed by atoms with Crippen molar-refractivity contribution < 1.29 is 4.79 Å². The first kappa shape index (κ1) is 12.0. The van der Waals surface area contributed by atoms with Crippen molar-refractivity contribution in [2.24, 2.45) is 0 Å². The number of hydrogen-bond donors (Lipinski definition) is 1. The zero-order chi connectivity index (χ0) is 11.1. The normalized spacial score (nSPS) is 10.0. The predicted molar refractivity (Wildman–Crippen MR) is 60.9 cm³/mol. The number of carbonyl (C=O) groups excluding carboxylic acids is 1. The van der Waals surface area contributed by atoms with Crippen molar-refractivity contribution in [2.75, 3.05) is 6.54 Å². The Morgan fingerprint density at radius 1 is 1.53 bits per heavy atom. The summed E-state index contributed by atoms with van der Waals surface area (Å²) in [5.41, 5.74) is 0.932. The number of unbranched alkanes of at least 4 members (excludes halogenated alkanes) is 1. The number of hydrogen-bond acceptors (Lipinski definition) is 2. The van der Waals surface area contributed by atoms with Crippen LogP contribution in [-0.4, -0.2) is 17.4 Å². The molecule has 0 saturated heterocycles. The number of nitrogens with one attached hydrogen (secondary N) is 1. The topological polar surface area (TPSA) is 42.0 Å². The minimum Gasteiger partial charge on any atom is -0.356 e. The van der Waals surface area contributed by atoms with E-state index in [-0.39, 0.29) is 5.91 Å². The minimum atomic E-state index is 0.0193. The van der Waals surface area contributed by atoms with Gasteiger partial charge in [0, 0.05) is 19.7 Å². The summed E-state index contributed by atoms with van der Waals surface area (Å²) in [5, 5.41) is 3.47. The highest BCUT2D eigenvalue weighted by Gasteiger charge is 2.00. The van der Waals surface area contributed by atoms with Crippen molar-refractivity contribution in [1.82, 2.24) is 10.3 Å². The highest BCUT2D eigenvalue weighted by molar-refractivity contribution is 6.31. The average Bonchev–Trinajstić information content (AvgIpc) is 2.20. The van der Waals surface area contributed by atoms with E-state index in [4.69, 9.17) is 11.6 Å². The Morgan fingerprint density at radius 2 is 2.33 bits per heavy atom. The molecule has 1 rings (SSSR count). The maximum absolute atomic E-state index is 10.6. The molecule has 0 radical (unpaired) electrons. The molecule has 0 unspecified atom stereocenters. The molecule has 15 heavy (non-hydrogen) atoms. The summed E-state index contributed by atoms with van der Waals surface area (Å²) in [6.45, 7) is 2.25. The highest BCUT2D eigenvalue weighted by Crippen LogP contribution is 2.14. The van der Waals surface area contributed by atoms with Gasteiger partial charge in [0.1, 0.15) is 0 Å². The lowest BCUT2D eigenvalue weighted by atomic mass is 10.2. The van der Waals surface area contributed by atoms with Gasteiger partial charge in [0.05, 0.1) is 10.7 Å². The smallest absolute Gasteiger partial charge is 0.216 e. The van der Waals surface area contributed by atoms with Crippen LogP contribution in [0.4, 0.5) is 0 Å². The molecule has 4 heteroatoms. The van der Waals surface area contributed by atoms with Crippen LogP contribution in [0.1, 0.15) is 25.5 Å². The molecule has 0 aliphatic rings. The number of rotatable bonds is 5. The van der Waals surface area contributed by atoms with Crippen molar-refractivity contribution in [1.29, 1.82) is 0 Å². The number of halogens is 1. The second-order valence-electron chi connectivity index (χ2n) is 3.37. The van der Waals surface area contributed by atoms with Crippen molar-refractivity contribution in [3.63, 3.8) is 0 Å². The molecule has 3 nitrogen and oxygen atoms in total. The molecule has 1 aromatic heterocycles. The number of amides is 1. The van der Waals surface area contributed by atoms with Crippen LogP contribution < -0.4 is 5.32 Å². The molecule has 1 heterocycles. The quantitative estimate of drug-likeness (QED) is 0.783. The first-order valence-corrected chi connectivity index (χ1v) is 5.42. The van der Waals surface area contributed by atoms with Gasteiger partial charge in [-0.25, -0.2) is 0 Å². The van der Waals surface area contributed by atoms with E-state index in [0.717, 1.165) is 36.5 Å². The third kappa shape index (κ3) is 4.79. The predicted octanol–water partition coefficient (Wildman–Crippen LogP) is 2.19. The lowest BCUT2D eigenvalue weighted by molar-refractivity contribution is -0.118. The van der Waals surface area contributed by atoms with E-state index in [0.29, 0.717) is 0 Å². The van der Waals surface area contributed by atoms with E-state index in [2.05, 4.69) is 10.3 Å². The van der Waals surface area contributed by atoms with E-state index in [9.17, 15) is 4.79 Å². The lowest BCUT2D eigenvalue weighted by Crippen LogP contribution is -2.20. The molecule has 1 N–H and O–H groups in total. The largest absolute Gasteiger partial charge is 0.356 e. The second kappa shape index (κ2) is 6.40. The standard InChI is InChI=1S/C11H15ClN2O/c1-9(15)13-7-3-2-6-11-10(12)5-4-8-14-11/h4-5,8H,2-3,6-7H2,1H3,(H,13,15). The molecule has 0 aromatic carbocycles. The number of aryl methyl sites for hydroxylation is 1. The molecule has 0 aliphatic heterocycles. The van der Waals surface area contributed by atoms with Gasteiger partial charge in [0.25, 0.3) is 0 Å². The van der Waals surface area contributed by atoms with Crippen LogP contribution in [0.3, 0.4) is 0 Å². The van der Waals surface area contributed by atoms with E-state index >= 15 is 0 Å². The molecule has 0 bridgehead atoms. The molecule has 0 atom stereocenters. The Balaban J connectivity index is 2.21. The average molecular weight is 227 g/mol. The maximum atomic E-state index is 10.6. The minimum absolute atomic E-state index is 0.0193. The number of nitrogens with zero attached hydrogens (tertiary/aromatic N) is 1. The van der Waals surface area contributed by atoms with E-state index < -0.39 is 0 Å². The number of pyridine rings is 1. The summed E-state index contributed by atoms with van der Waals surface area (Å²) in [6.07, 6.45) is 4.54. The molecular weight excluding hydrogens is 212 g/mol. The van der Waals surface area contributed by atoms with Gasteiger partial charge >= 0.3 is 0 Å². The van der Waals surface area contributed by atoms with Crippen molar-refractivity contribution >= 4 is 17.5 Å². The summed E-state index contributed by atoms with van der Waals surface area (Å²) < 4.78 is 0. The zero-order valence-electron chi connectivity index (χ0n) is 8.79. The second-order valence-corrected chi connectivity index (χ2v) is 3.78. The van der Waals surface area contributed by atoms with Crippen molar-refractivity contribution in [2.45, 2.75) is 26.2 Å². The Morgan fingerprint density at radius 3 is 3.00 bits per heavy atom. The summed E-state index contributed by atoms with van der Waals surface area (Å²) in [7, 11) is 0. The fraction of sp³-hybridized carbons (Fsp3) is 0.455. The van der Waals surface area contributed by atoms with Gasteiger partial charge < -0.3 is 5.32 Å². The number of aromatic nitrogens is 1. The van der Waals surface area contributed by atoms with Gasteiger partial charge in [0.2, 0.25) is 5.91 Å². The van der Waals surface area contributed by atoms with E-state index in [1.54, 1.807) is 6.20 Å². The highest BCUT2D eigenvalue weighted by atomic mass is 35.5. The van der Waals surface area contributed by atoms with Crippen LogP contribution >= 0.6 is 11.6 Å². The lowest BCUT2D eigenvalue weighted by Gasteiger charge is -2.03. The van der Waals surface area contributed by atoms with Gasteiger partial charge in [0.15, 0.2) is 0 Å². The van der Waals surface area contributed by atoms with Gasteiger partial charge in [-0.05, 0) is 31.4 Å². The van der Waals surface area contributed by atoms with Crippen LogP contribution in [0.25, 0.3) is 0 Å². The molecule has 0 aliphatic carbocycles. The summed E-state index contributed by atoms with van der Waals surface area (Å²) in [4.78, 5) is 14.8. The van der Waals surface area contributed by atoms with E-state index in [1.807, 2.05) is 12.1 Å². The maximum Gasteiger partial charge on any atom is 0.216 e. The van der Waals surface area contributed by atoms with Gasteiger partial charge in [-0.1, -0.05) is 11.6 Å². The van der Waals surface area contributed by atoms with Crippen LogP contribution in [0.2, 0.25) is 5.02 Å². The summed E-state index contributed by atoms with van der Waals surface area (Å²) in [5.74, 6) is 0.0193. The Bertz CT molecular complexity index is 328. The molecule has 82 valence electrons. The van der Waals surface area contributed by atoms with Crippen LogP contribution in [0.15, 0.2) is 18.3 Å². The third-order valence-corrected chi connectivity index (χ3v) is 2.39. The summed E-state index contributed by atoms with van der Waals surface area (Å²) in [6, 6.07) is 3.67. The van der Waals surface area contributed by atoms with Gasteiger partial charge in [-0.15, -0.1) is 0 Å². The van der Waals surface area contributed by atoms with Crippen LogP contribution in [-0.2, 0) is 11.2 Å². The van der Waals surface area contributed by atoms with Gasteiger partial charge in [-0.2, -0.15) is 0 Å². The fourth-order valence-corrected chi connectivity index (χ4v) is 1.50. The molecule has 0 spiro atoms. The number of carbonyl (C=O) groups is 1. The Kier molecular flexibility index (Phi) is 5.12. The Labute approximate surface area is 94.9 Å². The van der Waals surface area contributed by atoms with Crippen molar-refractivity contribution in [3.05, 3.63) is 29.0 Å². The first-order valence-electron chi connectivity index (χ1n) is 5.04. The molecule has 1 aromatic rings. The first-order chi connectivity index (χ1) is 7.20. The Hall–Kier alpha value is -1.09. The third-order valence-electron chi connectivity index (χ3n) is 2.05. The summed E-state index contributed by atoms with van der Waals surface area (Å²) >= 11 is 5.96. The SMILES string of the molecule is CC(=O)NCCCCc1ncccc1Cl. The molecule has 0 fully saturated rings. The molecule has 0 saturated carbocycles. The zero-order valence-corrected chi connectivity index (χ0v) is 9.55. The fourth-order valence-electron chi connectivity index (χ4n) is 1.28. The van der Waals surface area contributed by atoms with Crippen molar-refractivity contribution in [3.8, 4) is 0 Å². The van der Waals surface area contributed by atoms with Crippen LogP contribution in [0, 0.1) is 0 Å². The molecular formula is C11H15ClN2O. The van der Waals surface area contributed by atoms with Crippen LogP contribution in [0.5, 0.6) is 0 Å². The monoisotopic (exact) mass is 226 g/mol. The van der Waals surface area contributed by atoms with E-state index in [1.165, 1.54) is 6.92 Å². The molecule has 1 amide bonds.